The second-order valence-corrected chi connectivity index (χ2v) is 22.5. The Morgan fingerprint density at radius 1 is 0.416 bits per heavy atom. The fourth-order valence-electron chi connectivity index (χ4n) is 7.73. The van der Waals surface area contributed by atoms with Crippen LogP contribution >= 0.6 is 7.82 Å². The molecular weight excluding hydrogens is 978 g/mol. The average molecular weight is 1090 g/mol. The first kappa shape index (κ1) is 73.2. The minimum absolute atomic E-state index is 0.0228. The van der Waals surface area contributed by atoms with Gasteiger partial charge >= 0.3 is 19.8 Å². The van der Waals surface area contributed by atoms with Crippen LogP contribution < -0.4 is 0 Å². The molecule has 9 nitrogen and oxygen atoms in total. The Labute approximate surface area is 472 Å². The molecule has 0 bridgehead atoms. The van der Waals surface area contributed by atoms with Gasteiger partial charge in [-0.3, -0.25) is 18.6 Å². The predicted octanol–water partition coefficient (Wildman–Crippen LogP) is 19.3. The van der Waals surface area contributed by atoms with Gasteiger partial charge in [0.25, 0.3) is 0 Å². The molecule has 10 heteroatoms. The zero-order valence-electron chi connectivity index (χ0n) is 49.6. The van der Waals surface area contributed by atoms with Crippen LogP contribution in [0, 0.1) is 0 Å². The second kappa shape index (κ2) is 56.9. The van der Waals surface area contributed by atoms with Crippen molar-refractivity contribution in [2.75, 3.05) is 47.5 Å². The van der Waals surface area contributed by atoms with Gasteiger partial charge in [-0.2, -0.15) is 0 Å². The van der Waals surface area contributed by atoms with Gasteiger partial charge in [-0.25, -0.2) is 4.57 Å². The Morgan fingerprint density at radius 2 is 0.740 bits per heavy atom. The highest BCUT2D eigenvalue weighted by molar-refractivity contribution is 7.47. The molecule has 0 aliphatic heterocycles. The van der Waals surface area contributed by atoms with E-state index >= 15 is 0 Å². The highest BCUT2D eigenvalue weighted by atomic mass is 31.2. The number of phosphoric acid groups is 1. The maximum atomic E-state index is 12.8. The first-order chi connectivity index (χ1) is 37.5. The molecule has 0 aromatic heterocycles. The Hall–Kier alpha value is -3.85. The molecule has 0 heterocycles. The summed E-state index contributed by atoms with van der Waals surface area (Å²) in [4.78, 5) is 35.6. The summed E-state index contributed by atoms with van der Waals surface area (Å²) in [6, 6.07) is 0. The molecule has 0 spiro atoms. The highest BCUT2D eigenvalue weighted by Gasteiger charge is 2.27. The SMILES string of the molecule is CC/C=C\C/C=C\C/C=C\C/C=C\C/C=C\C/C=C\C/C=C\C/C=C\C/C=C\CCCCCCCCCCCCCC(=O)OC(COC(=O)CCCCCCC/C=C\C/C=C\CCCC)COP(=O)(O)OCC[N+](C)(C)C. The molecule has 1 N–H and O–H groups in total. The van der Waals surface area contributed by atoms with E-state index in [9.17, 15) is 19.0 Å². The van der Waals surface area contributed by atoms with Crippen molar-refractivity contribution < 1.29 is 42.1 Å². The summed E-state index contributed by atoms with van der Waals surface area (Å²) in [6.45, 7) is 4.24. The molecule has 0 aromatic rings. The van der Waals surface area contributed by atoms with Gasteiger partial charge in [0.05, 0.1) is 27.7 Å². The number of ether oxygens (including phenoxy) is 2. The molecule has 0 saturated heterocycles. The van der Waals surface area contributed by atoms with Crippen molar-refractivity contribution in [3.05, 3.63) is 134 Å². The monoisotopic (exact) mass is 1090 g/mol. The van der Waals surface area contributed by atoms with Gasteiger partial charge in [0.1, 0.15) is 19.8 Å². The molecule has 0 aliphatic rings. The summed E-state index contributed by atoms with van der Waals surface area (Å²) in [6.07, 6.45) is 82.5. The van der Waals surface area contributed by atoms with E-state index in [0.717, 1.165) is 135 Å². The van der Waals surface area contributed by atoms with E-state index in [2.05, 4.69) is 148 Å². The van der Waals surface area contributed by atoms with E-state index in [1.807, 2.05) is 21.1 Å². The molecule has 2 atom stereocenters. The van der Waals surface area contributed by atoms with Gasteiger partial charge in [0, 0.05) is 12.8 Å². The largest absolute Gasteiger partial charge is 0.472 e. The third-order valence-electron chi connectivity index (χ3n) is 12.4. The van der Waals surface area contributed by atoms with E-state index in [1.165, 1.54) is 57.8 Å². The fraction of sp³-hybridized carbons (Fsp3) is 0.642. The number of allylic oxidation sites excluding steroid dienone is 22. The predicted molar refractivity (Wildman–Crippen MR) is 330 cm³/mol. The van der Waals surface area contributed by atoms with Crippen molar-refractivity contribution in [2.24, 2.45) is 0 Å². The Balaban J connectivity index is 4.09. The van der Waals surface area contributed by atoms with Crippen LogP contribution in [0.3, 0.4) is 0 Å². The van der Waals surface area contributed by atoms with Crippen molar-refractivity contribution >= 4 is 19.8 Å². The van der Waals surface area contributed by atoms with Crippen molar-refractivity contribution in [3.8, 4) is 0 Å². The first-order valence-corrected chi connectivity index (χ1v) is 31.9. The van der Waals surface area contributed by atoms with Gasteiger partial charge in [-0.15, -0.1) is 0 Å². The van der Waals surface area contributed by atoms with E-state index in [4.69, 9.17) is 18.5 Å². The molecule has 0 aliphatic carbocycles. The number of hydrogen-bond donors (Lipinski definition) is 1. The van der Waals surface area contributed by atoms with Gasteiger partial charge in [-0.05, 0) is 109 Å². The molecule has 77 heavy (non-hydrogen) atoms. The van der Waals surface area contributed by atoms with E-state index in [-0.39, 0.29) is 32.0 Å². The number of rotatable bonds is 54. The molecule has 0 rings (SSSR count). The van der Waals surface area contributed by atoms with E-state index in [1.54, 1.807) is 0 Å². The minimum Gasteiger partial charge on any atom is -0.462 e. The smallest absolute Gasteiger partial charge is 0.462 e. The molecule has 438 valence electrons. The zero-order chi connectivity index (χ0) is 56.3. The number of hydrogen-bond acceptors (Lipinski definition) is 7. The summed E-state index contributed by atoms with van der Waals surface area (Å²) < 4.78 is 34.5. The molecule has 0 aromatic carbocycles. The lowest BCUT2D eigenvalue weighted by atomic mass is 10.0. The summed E-state index contributed by atoms with van der Waals surface area (Å²) in [5, 5.41) is 0. The summed E-state index contributed by atoms with van der Waals surface area (Å²) in [5.41, 5.74) is 0. The minimum atomic E-state index is -4.40. The van der Waals surface area contributed by atoms with E-state index < -0.39 is 26.5 Å². The van der Waals surface area contributed by atoms with Crippen LogP contribution in [0.2, 0.25) is 0 Å². The quantitative estimate of drug-likeness (QED) is 0.0211. The van der Waals surface area contributed by atoms with Gasteiger partial charge in [-0.1, -0.05) is 237 Å². The summed E-state index contributed by atoms with van der Waals surface area (Å²) >= 11 is 0. The van der Waals surface area contributed by atoms with Crippen LogP contribution in [0.5, 0.6) is 0 Å². The molecule has 0 fully saturated rings. The lowest BCUT2D eigenvalue weighted by Gasteiger charge is -2.24. The van der Waals surface area contributed by atoms with Crippen LogP contribution in [0.25, 0.3) is 0 Å². The van der Waals surface area contributed by atoms with Gasteiger partial charge < -0.3 is 18.9 Å². The molecule has 2 unspecified atom stereocenters. The lowest BCUT2D eigenvalue weighted by molar-refractivity contribution is -0.870. The Kier molecular flexibility index (Phi) is 54.0. The number of nitrogens with zero attached hydrogens (tertiary/aromatic N) is 1. The molecule has 0 amide bonds. The third-order valence-corrected chi connectivity index (χ3v) is 13.4. The Morgan fingerprint density at radius 3 is 1.10 bits per heavy atom. The Bertz CT molecular complexity index is 1760. The maximum absolute atomic E-state index is 12.8. The van der Waals surface area contributed by atoms with Crippen LogP contribution in [-0.2, 0) is 32.7 Å². The molecule has 0 radical (unpaired) electrons. The number of carbonyl (C=O) groups is 2. The van der Waals surface area contributed by atoms with Crippen molar-refractivity contribution in [1.29, 1.82) is 0 Å². The average Bonchev–Trinajstić information content (AvgIpc) is 3.39. The van der Waals surface area contributed by atoms with Crippen molar-refractivity contribution in [3.63, 3.8) is 0 Å². The topological polar surface area (TPSA) is 108 Å². The van der Waals surface area contributed by atoms with Crippen molar-refractivity contribution in [1.82, 2.24) is 0 Å². The van der Waals surface area contributed by atoms with Crippen LogP contribution in [-0.4, -0.2) is 74.9 Å². The van der Waals surface area contributed by atoms with Crippen LogP contribution in [0.15, 0.2) is 134 Å². The number of carbonyl (C=O) groups excluding carboxylic acids is 2. The number of unbranched alkanes of at least 4 members (excludes halogenated alkanes) is 18. The summed E-state index contributed by atoms with van der Waals surface area (Å²) in [7, 11) is 1.45. The van der Waals surface area contributed by atoms with Gasteiger partial charge in [0.2, 0.25) is 0 Å². The maximum Gasteiger partial charge on any atom is 0.472 e. The third kappa shape index (κ3) is 61.2. The molecular formula is C67H113NO8P+. The van der Waals surface area contributed by atoms with Crippen LogP contribution in [0.1, 0.15) is 226 Å². The molecule has 0 saturated carbocycles. The van der Waals surface area contributed by atoms with Crippen LogP contribution in [0.4, 0.5) is 0 Å². The summed E-state index contributed by atoms with van der Waals surface area (Å²) in [5.74, 6) is -0.824. The number of phosphoric ester groups is 1. The number of esters is 2. The van der Waals surface area contributed by atoms with Crippen molar-refractivity contribution in [2.45, 2.75) is 232 Å². The number of quaternary nitrogens is 1. The normalized spacial score (nSPS) is 14.2. The second-order valence-electron chi connectivity index (χ2n) is 21.0. The lowest BCUT2D eigenvalue weighted by Crippen LogP contribution is -2.37. The van der Waals surface area contributed by atoms with Gasteiger partial charge in [0.15, 0.2) is 6.10 Å². The zero-order valence-corrected chi connectivity index (χ0v) is 50.5. The standard InChI is InChI=1S/C67H112NO8P/c1-6-8-10-12-14-16-18-20-22-23-24-25-26-27-28-29-30-31-32-33-34-35-36-37-38-39-40-41-42-43-44-45-46-48-50-52-54-56-58-60-67(70)76-65(64-75-77(71,72)74-62-61-68(3,4)5)63-73-66(69)59-57-55-53-51-49-47-21-19-17-15-13-11-9-7-2/h8,10,13-16,19-22,24-25,27-28,30-31,33-34,36-37,39-40,65H,6-7,9,11-12,17-18,23,26,29,32,35,38,41-64H2,1-5H3/p+1/b10-8-,15-13-,16-14-,21-19-,22-20-,25-24-,28-27-,31-30-,34-33-,37-36-,40-39-. The fourth-order valence-corrected chi connectivity index (χ4v) is 8.47. The first-order valence-electron chi connectivity index (χ1n) is 30.4. The van der Waals surface area contributed by atoms with E-state index in [0.29, 0.717) is 17.4 Å². The highest BCUT2D eigenvalue weighted by Crippen LogP contribution is 2.43. The number of likely N-dealkylation sites (N-methyl/N-ethyl adjacent to an activating group) is 1.